The van der Waals surface area contributed by atoms with Gasteiger partial charge in [0, 0.05) is 47.1 Å². The third-order valence-electron chi connectivity index (χ3n) is 8.55. The molecule has 2 aliphatic rings. The van der Waals surface area contributed by atoms with Crippen LogP contribution in [-0.4, -0.2) is 72.3 Å². The number of rotatable bonds is 5. The van der Waals surface area contributed by atoms with Crippen molar-refractivity contribution in [2.24, 2.45) is 0 Å². The third kappa shape index (κ3) is 4.52. The van der Waals surface area contributed by atoms with E-state index in [-0.39, 0.29) is 46.3 Å². The highest BCUT2D eigenvalue weighted by atomic mass is 32.2. The molecule has 2 saturated heterocycles. The second-order valence-corrected chi connectivity index (χ2v) is 13.2. The van der Waals surface area contributed by atoms with Gasteiger partial charge in [-0.25, -0.2) is 17.8 Å². The number of amides is 1. The van der Waals surface area contributed by atoms with Gasteiger partial charge in [0.1, 0.15) is 22.9 Å². The number of hydrogen-bond donors (Lipinski definition) is 2. The summed E-state index contributed by atoms with van der Waals surface area (Å²) < 4.78 is 41.6. The molecular formula is C29H28FN9O3S. The van der Waals surface area contributed by atoms with E-state index in [2.05, 4.69) is 25.3 Å². The molecule has 5 aromatic rings. The van der Waals surface area contributed by atoms with Crippen molar-refractivity contribution >= 4 is 27.2 Å². The Balaban J connectivity index is 1.27. The van der Waals surface area contributed by atoms with E-state index in [4.69, 9.17) is 10.7 Å². The van der Waals surface area contributed by atoms with Crippen molar-refractivity contribution in [2.45, 2.75) is 55.5 Å². The maximum Gasteiger partial charge on any atom is 0.292 e. The van der Waals surface area contributed by atoms with Crippen molar-refractivity contribution in [2.75, 3.05) is 12.0 Å². The largest absolute Gasteiger partial charge is 0.382 e. The Kier molecular flexibility index (Phi) is 6.27. The normalized spacial score (nSPS) is 20.2. The number of pyridine rings is 1. The number of carbonyl (C=O) groups excluding carboxylic acids is 1. The average molecular weight is 602 g/mol. The molecule has 0 aliphatic carbocycles. The van der Waals surface area contributed by atoms with Crippen molar-refractivity contribution in [3.63, 3.8) is 0 Å². The fourth-order valence-corrected chi connectivity index (χ4v) is 7.58. The fourth-order valence-electron chi connectivity index (χ4n) is 6.52. The lowest BCUT2D eigenvalue weighted by Crippen LogP contribution is -2.46. The third-order valence-corrected chi connectivity index (χ3v) is 9.71. The van der Waals surface area contributed by atoms with Gasteiger partial charge in [-0.15, -0.1) is 10.2 Å². The number of halogens is 1. The van der Waals surface area contributed by atoms with Crippen molar-refractivity contribution in [3.05, 3.63) is 72.0 Å². The Hall–Kier alpha value is -4.72. The molecule has 3 atom stereocenters. The zero-order chi connectivity index (χ0) is 30.0. The summed E-state index contributed by atoms with van der Waals surface area (Å²) >= 11 is 0. The van der Waals surface area contributed by atoms with Crippen molar-refractivity contribution < 1.29 is 17.6 Å². The first-order chi connectivity index (χ1) is 20.6. The molecule has 2 fully saturated rings. The zero-order valence-electron chi connectivity index (χ0n) is 23.4. The summed E-state index contributed by atoms with van der Waals surface area (Å²) in [5.41, 5.74) is 10.4. The molecule has 6 heterocycles. The number of sulfone groups is 1. The monoisotopic (exact) mass is 601 g/mol. The van der Waals surface area contributed by atoms with Crippen LogP contribution in [0.1, 0.15) is 53.5 Å². The molecule has 0 radical (unpaired) electrons. The van der Waals surface area contributed by atoms with Crippen LogP contribution in [0.3, 0.4) is 0 Å². The summed E-state index contributed by atoms with van der Waals surface area (Å²) in [4.78, 5) is 27.2. The number of aromatic nitrogens is 7. The zero-order valence-corrected chi connectivity index (χ0v) is 24.2. The number of aromatic amines is 1. The number of aryl methyl sites for hydroxylation is 1. The molecule has 12 nitrogen and oxygen atoms in total. The summed E-state index contributed by atoms with van der Waals surface area (Å²) in [5.74, 6) is -0.584. The number of hydrogen-bond acceptors (Lipinski definition) is 9. The van der Waals surface area contributed by atoms with E-state index in [1.807, 2.05) is 17.0 Å². The molecule has 14 heteroatoms. The molecule has 0 saturated carbocycles. The van der Waals surface area contributed by atoms with Crippen LogP contribution in [0.25, 0.3) is 28.0 Å². The molecule has 0 unspecified atom stereocenters. The summed E-state index contributed by atoms with van der Waals surface area (Å²) in [7, 11) is -3.78. The SMILES string of the molecule is Cc1ccc(-c2ccc(-c3cnn4c(N)c(S(C)(=O)=O)c([C@H]5C[C@H]6CC[C@@H](C5)N6C(=O)c5nnc[nH]5)nc34)cn2)cc1F. The predicted octanol–water partition coefficient (Wildman–Crippen LogP) is 3.56. The summed E-state index contributed by atoms with van der Waals surface area (Å²) in [6, 6.07) is 8.41. The Morgan fingerprint density at radius 3 is 2.47 bits per heavy atom. The smallest absolute Gasteiger partial charge is 0.292 e. The van der Waals surface area contributed by atoms with Crippen LogP contribution >= 0.6 is 0 Å². The highest BCUT2D eigenvalue weighted by Crippen LogP contribution is 2.45. The van der Waals surface area contributed by atoms with E-state index in [1.54, 1.807) is 31.5 Å². The number of nitrogens with one attached hydrogen (secondary N) is 1. The van der Waals surface area contributed by atoms with Gasteiger partial charge >= 0.3 is 0 Å². The summed E-state index contributed by atoms with van der Waals surface area (Å²) in [5, 5.41) is 12.0. The first kappa shape index (κ1) is 27.1. The van der Waals surface area contributed by atoms with Gasteiger partial charge < -0.3 is 15.6 Å². The van der Waals surface area contributed by atoms with Gasteiger partial charge in [-0.3, -0.25) is 9.78 Å². The average Bonchev–Trinajstić information content (AvgIpc) is 3.72. The number of fused-ring (bicyclic) bond motifs is 3. The number of piperidine rings is 1. The number of nitrogens with two attached hydrogens (primary N) is 1. The van der Waals surface area contributed by atoms with Gasteiger partial charge in [-0.1, -0.05) is 18.2 Å². The molecule has 4 aromatic heterocycles. The van der Waals surface area contributed by atoms with Gasteiger partial charge in [0.05, 0.1) is 17.6 Å². The van der Waals surface area contributed by atoms with Crippen molar-refractivity contribution in [1.29, 1.82) is 0 Å². The van der Waals surface area contributed by atoms with Gasteiger partial charge in [0.2, 0.25) is 5.82 Å². The molecule has 2 aliphatic heterocycles. The van der Waals surface area contributed by atoms with Crippen LogP contribution in [0, 0.1) is 12.7 Å². The first-order valence-corrected chi connectivity index (χ1v) is 15.8. The minimum atomic E-state index is -3.78. The van der Waals surface area contributed by atoms with Crippen LogP contribution in [-0.2, 0) is 9.84 Å². The van der Waals surface area contributed by atoms with Crippen molar-refractivity contribution in [3.8, 4) is 22.4 Å². The lowest BCUT2D eigenvalue weighted by molar-refractivity contribution is 0.0556. The molecule has 220 valence electrons. The van der Waals surface area contributed by atoms with E-state index < -0.39 is 9.84 Å². The first-order valence-electron chi connectivity index (χ1n) is 13.9. The Morgan fingerprint density at radius 2 is 1.84 bits per heavy atom. The molecule has 1 amide bonds. The maximum atomic E-state index is 14.1. The number of carbonyl (C=O) groups is 1. The fraction of sp³-hybridized carbons (Fsp3) is 0.310. The summed E-state index contributed by atoms with van der Waals surface area (Å²) in [6.45, 7) is 1.70. The van der Waals surface area contributed by atoms with Gasteiger partial charge in [-0.05, 0) is 50.3 Å². The molecule has 1 aromatic carbocycles. The Morgan fingerprint density at radius 1 is 1.09 bits per heavy atom. The molecule has 0 spiro atoms. The Bertz CT molecular complexity index is 1980. The molecule has 43 heavy (non-hydrogen) atoms. The predicted molar refractivity (Wildman–Crippen MR) is 155 cm³/mol. The minimum Gasteiger partial charge on any atom is -0.382 e. The molecule has 3 N–H and O–H groups in total. The molecule has 2 bridgehead atoms. The second kappa shape index (κ2) is 9.93. The topological polar surface area (TPSA) is 165 Å². The number of nitrogen functional groups attached to an aromatic ring is 1. The van der Waals surface area contributed by atoms with E-state index in [0.29, 0.717) is 52.1 Å². The van der Waals surface area contributed by atoms with Crippen molar-refractivity contribution in [1.82, 2.24) is 39.7 Å². The van der Waals surface area contributed by atoms with E-state index in [0.717, 1.165) is 19.1 Å². The number of H-pyrrole nitrogens is 1. The number of nitrogens with zero attached hydrogens (tertiary/aromatic N) is 7. The van der Waals surface area contributed by atoms with Gasteiger partial charge in [0.25, 0.3) is 5.91 Å². The number of benzene rings is 1. The molecule has 7 rings (SSSR count). The molecular weight excluding hydrogens is 573 g/mol. The van der Waals surface area contributed by atoms with Crippen LogP contribution < -0.4 is 5.73 Å². The minimum absolute atomic E-state index is 0.0130. The quantitative estimate of drug-likeness (QED) is 0.306. The van der Waals surface area contributed by atoms with Gasteiger partial charge in [0.15, 0.2) is 15.5 Å². The summed E-state index contributed by atoms with van der Waals surface area (Å²) in [6.07, 6.45) is 8.40. The standard InChI is InChI=1S/C29H28FN9O3S/c1-15-3-4-16(11-22(15)30)23-8-5-17(12-32-23)21-13-35-39-26(31)25(43(2,41)42)24(36-28(21)39)18-9-19-6-7-20(10-18)38(19)29(40)27-33-14-34-37-27/h3-5,8,11-14,18-20H,6-7,9-10,31H2,1-2H3,(H,33,34,37)/t18-,19+,20-. The lowest BCUT2D eigenvalue weighted by Gasteiger charge is -2.38. The van der Waals surface area contributed by atoms with Crippen LogP contribution in [0.2, 0.25) is 0 Å². The maximum absolute atomic E-state index is 14.1. The Labute approximate surface area is 246 Å². The van der Waals surface area contributed by atoms with Crippen LogP contribution in [0.15, 0.2) is 53.9 Å². The number of anilines is 1. The lowest BCUT2D eigenvalue weighted by atomic mass is 9.87. The highest BCUT2D eigenvalue weighted by molar-refractivity contribution is 7.91. The van der Waals surface area contributed by atoms with E-state index in [9.17, 15) is 17.6 Å². The second-order valence-electron chi connectivity index (χ2n) is 11.3. The van der Waals surface area contributed by atoms with Gasteiger partial charge in [-0.2, -0.15) is 9.61 Å². The van der Waals surface area contributed by atoms with E-state index in [1.165, 1.54) is 16.9 Å². The van der Waals surface area contributed by atoms with E-state index >= 15 is 0 Å². The van der Waals surface area contributed by atoms with Crippen LogP contribution in [0.4, 0.5) is 10.2 Å². The van der Waals surface area contributed by atoms with Crippen LogP contribution in [0.5, 0.6) is 0 Å². The highest BCUT2D eigenvalue weighted by Gasteiger charge is 2.46.